The van der Waals surface area contributed by atoms with Crippen LogP contribution in [0, 0.1) is 5.41 Å². The number of aromatic nitrogens is 1. The van der Waals surface area contributed by atoms with Gasteiger partial charge in [0, 0.05) is 22.9 Å². The number of anilines is 1. The summed E-state index contributed by atoms with van der Waals surface area (Å²) < 4.78 is 0. The lowest BCUT2D eigenvalue weighted by Crippen LogP contribution is -2.45. The van der Waals surface area contributed by atoms with Crippen LogP contribution < -0.4 is 11.5 Å². The van der Waals surface area contributed by atoms with Crippen molar-refractivity contribution >= 4 is 22.8 Å². The van der Waals surface area contributed by atoms with Gasteiger partial charge in [-0.1, -0.05) is 0 Å². The monoisotopic (exact) mass is 294 g/mol. The van der Waals surface area contributed by atoms with Crippen molar-refractivity contribution in [1.29, 1.82) is 5.41 Å². The zero-order valence-corrected chi connectivity index (χ0v) is 12.8. The first-order chi connectivity index (χ1) is 10.6. The molecular formula is C18H22N4. The predicted octanol–water partition coefficient (Wildman–Crippen LogP) is 3.03. The van der Waals surface area contributed by atoms with E-state index in [4.69, 9.17) is 21.9 Å². The second kappa shape index (κ2) is 4.78. The Balaban J connectivity index is 2.08. The van der Waals surface area contributed by atoms with Crippen molar-refractivity contribution in [3.05, 3.63) is 34.5 Å². The van der Waals surface area contributed by atoms with E-state index in [1.165, 1.54) is 36.6 Å². The standard InChI is InChI=1S/C18H22N4/c19-10-13-14(20)6-7-15-16(13)11-4-1-2-5-12(11)17(22-15)18(21)8-3-9-18/h6-7,10,19H,1-5,8-9,20-21H2. The first-order valence-electron chi connectivity index (χ1n) is 8.18. The third-order valence-electron chi connectivity index (χ3n) is 5.41. The van der Waals surface area contributed by atoms with Gasteiger partial charge in [0.1, 0.15) is 0 Å². The summed E-state index contributed by atoms with van der Waals surface area (Å²) in [6, 6.07) is 3.84. The molecule has 1 heterocycles. The summed E-state index contributed by atoms with van der Waals surface area (Å²) in [4.78, 5) is 4.95. The number of nitrogens with two attached hydrogens (primary N) is 2. The lowest BCUT2D eigenvalue weighted by atomic mass is 9.71. The number of pyridine rings is 1. The molecule has 0 unspecified atom stereocenters. The van der Waals surface area contributed by atoms with Crippen LogP contribution in [-0.4, -0.2) is 11.2 Å². The Kier molecular flexibility index (Phi) is 2.98. The number of benzene rings is 1. The number of hydrogen-bond acceptors (Lipinski definition) is 4. The van der Waals surface area contributed by atoms with Crippen LogP contribution in [0.4, 0.5) is 5.69 Å². The third-order valence-corrected chi connectivity index (χ3v) is 5.41. The summed E-state index contributed by atoms with van der Waals surface area (Å²) >= 11 is 0. The van der Waals surface area contributed by atoms with Gasteiger partial charge in [-0.05, 0) is 68.2 Å². The summed E-state index contributed by atoms with van der Waals surface area (Å²) in [7, 11) is 0. The van der Waals surface area contributed by atoms with Crippen LogP contribution in [0.1, 0.15) is 54.5 Å². The predicted molar refractivity (Wildman–Crippen MR) is 90.4 cm³/mol. The van der Waals surface area contributed by atoms with Crippen LogP contribution in [0.3, 0.4) is 0 Å². The molecule has 0 spiro atoms. The topological polar surface area (TPSA) is 88.8 Å². The van der Waals surface area contributed by atoms with Crippen LogP contribution in [0.15, 0.2) is 12.1 Å². The Hall–Kier alpha value is -1.94. The van der Waals surface area contributed by atoms with Gasteiger partial charge in [-0.15, -0.1) is 0 Å². The highest BCUT2D eigenvalue weighted by molar-refractivity contribution is 6.04. The summed E-state index contributed by atoms with van der Waals surface area (Å²) in [5.41, 5.74) is 18.7. The van der Waals surface area contributed by atoms with Crippen molar-refractivity contribution in [1.82, 2.24) is 4.98 Å². The molecule has 1 fully saturated rings. The average Bonchev–Trinajstić information content (AvgIpc) is 2.52. The molecule has 0 aliphatic heterocycles. The van der Waals surface area contributed by atoms with Crippen molar-refractivity contribution in [2.24, 2.45) is 5.73 Å². The lowest BCUT2D eigenvalue weighted by molar-refractivity contribution is 0.244. The molecule has 4 rings (SSSR count). The quantitative estimate of drug-likeness (QED) is 0.587. The molecule has 1 aromatic carbocycles. The van der Waals surface area contributed by atoms with E-state index < -0.39 is 0 Å². The minimum atomic E-state index is -0.234. The van der Waals surface area contributed by atoms with E-state index in [-0.39, 0.29) is 5.54 Å². The number of nitrogen functional groups attached to an aromatic ring is 1. The Bertz CT molecular complexity index is 774. The van der Waals surface area contributed by atoms with Gasteiger partial charge in [0.2, 0.25) is 0 Å². The lowest BCUT2D eigenvalue weighted by Gasteiger charge is -2.40. The third kappa shape index (κ3) is 1.80. The number of nitrogens with one attached hydrogen (secondary N) is 1. The highest BCUT2D eigenvalue weighted by Crippen LogP contribution is 2.43. The molecule has 22 heavy (non-hydrogen) atoms. The Labute approximate surface area is 130 Å². The van der Waals surface area contributed by atoms with Crippen LogP contribution in [0.5, 0.6) is 0 Å². The van der Waals surface area contributed by atoms with Gasteiger partial charge in [0.05, 0.1) is 16.7 Å². The zero-order valence-electron chi connectivity index (χ0n) is 12.8. The highest BCUT2D eigenvalue weighted by Gasteiger charge is 2.39. The minimum absolute atomic E-state index is 0.234. The van der Waals surface area contributed by atoms with Gasteiger partial charge in [-0.2, -0.15) is 0 Å². The van der Waals surface area contributed by atoms with Crippen molar-refractivity contribution in [2.45, 2.75) is 50.5 Å². The number of nitrogens with zero attached hydrogens (tertiary/aromatic N) is 1. The van der Waals surface area contributed by atoms with Crippen molar-refractivity contribution < 1.29 is 0 Å². The Morgan fingerprint density at radius 1 is 1.09 bits per heavy atom. The Morgan fingerprint density at radius 3 is 2.45 bits per heavy atom. The molecule has 4 heteroatoms. The molecule has 114 valence electrons. The van der Waals surface area contributed by atoms with E-state index in [2.05, 4.69) is 0 Å². The maximum absolute atomic E-state index is 7.75. The van der Waals surface area contributed by atoms with Crippen molar-refractivity contribution in [3.63, 3.8) is 0 Å². The first kappa shape index (κ1) is 13.7. The molecule has 2 aromatic rings. The van der Waals surface area contributed by atoms with Crippen LogP contribution in [0.25, 0.3) is 10.9 Å². The molecule has 0 saturated heterocycles. The molecular weight excluding hydrogens is 272 g/mol. The van der Waals surface area contributed by atoms with Gasteiger partial charge in [-0.25, -0.2) is 0 Å². The van der Waals surface area contributed by atoms with E-state index in [1.807, 2.05) is 12.1 Å². The second-order valence-corrected chi connectivity index (χ2v) is 6.74. The van der Waals surface area contributed by atoms with Crippen molar-refractivity contribution in [3.8, 4) is 0 Å². The fraction of sp³-hybridized carbons (Fsp3) is 0.444. The van der Waals surface area contributed by atoms with E-state index in [9.17, 15) is 0 Å². The average molecular weight is 294 g/mol. The van der Waals surface area contributed by atoms with E-state index in [0.29, 0.717) is 5.69 Å². The van der Waals surface area contributed by atoms with E-state index >= 15 is 0 Å². The smallest absolute Gasteiger partial charge is 0.0717 e. The maximum Gasteiger partial charge on any atom is 0.0717 e. The molecule has 5 N–H and O–H groups in total. The van der Waals surface area contributed by atoms with Crippen LogP contribution >= 0.6 is 0 Å². The molecule has 1 aromatic heterocycles. The molecule has 0 atom stereocenters. The number of fused-ring (bicyclic) bond motifs is 3. The van der Waals surface area contributed by atoms with Gasteiger partial charge >= 0.3 is 0 Å². The van der Waals surface area contributed by atoms with Gasteiger partial charge in [0.15, 0.2) is 0 Å². The van der Waals surface area contributed by atoms with Gasteiger partial charge in [-0.3, -0.25) is 4.98 Å². The van der Waals surface area contributed by atoms with Gasteiger partial charge < -0.3 is 16.9 Å². The second-order valence-electron chi connectivity index (χ2n) is 6.74. The SMILES string of the molecule is N=Cc1c(N)ccc2nc(C3(N)CCC3)c3c(c12)CCCC3. The highest BCUT2D eigenvalue weighted by atomic mass is 14.9. The number of rotatable bonds is 2. The molecule has 0 bridgehead atoms. The summed E-state index contributed by atoms with van der Waals surface area (Å²) in [6.45, 7) is 0. The zero-order chi connectivity index (χ0) is 15.3. The molecule has 2 aliphatic rings. The first-order valence-corrected chi connectivity index (χ1v) is 8.18. The minimum Gasteiger partial charge on any atom is -0.398 e. The molecule has 1 saturated carbocycles. The van der Waals surface area contributed by atoms with Crippen LogP contribution in [0.2, 0.25) is 0 Å². The Morgan fingerprint density at radius 2 is 1.82 bits per heavy atom. The normalized spacial score (nSPS) is 19.5. The molecule has 4 nitrogen and oxygen atoms in total. The number of hydrogen-bond donors (Lipinski definition) is 3. The summed E-state index contributed by atoms with van der Waals surface area (Å²) in [6.07, 6.45) is 9.12. The molecule has 0 amide bonds. The largest absolute Gasteiger partial charge is 0.398 e. The summed E-state index contributed by atoms with van der Waals surface area (Å²) in [5.74, 6) is 0. The van der Waals surface area contributed by atoms with Crippen molar-refractivity contribution in [2.75, 3.05) is 5.73 Å². The molecule has 0 radical (unpaired) electrons. The number of aryl methyl sites for hydroxylation is 1. The van der Waals surface area contributed by atoms with E-state index in [0.717, 1.165) is 47.8 Å². The van der Waals surface area contributed by atoms with Gasteiger partial charge in [0.25, 0.3) is 0 Å². The van der Waals surface area contributed by atoms with E-state index in [1.54, 1.807) is 0 Å². The van der Waals surface area contributed by atoms with Crippen LogP contribution in [-0.2, 0) is 18.4 Å². The fourth-order valence-electron chi connectivity index (χ4n) is 4.03. The molecule has 2 aliphatic carbocycles. The maximum atomic E-state index is 7.75. The summed E-state index contributed by atoms with van der Waals surface area (Å²) in [5, 5.41) is 8.83. The fourth-order valence-corrected chi connectivity index (χ4v) is 4.03.